The molecule has 0 spiro atoms. The van der Waals surface area contributed by atoms with E-state index in [1.54, 1.807) is 18.2 Å². The molecule has 0 aliphatic carbocycles. The van der Waals surface area contributed by atoms with Gasteiger partial charge in [-0.1, -0.05) is 37.3 Å². The van der Waals surface area contributed by atoms with Crippen molar-refractivity contribution in [2.75, 3.05) is 5.32 Å². The van der Waals surface area contributed by atoms with Crippen LogP contribution < -0.4 is 5.32 Å². The van der Waals surface area contributed by atoms with E-state index in [0.29, 0.717) is 5.69 Å². The van der Waals surface area contributed by atoms with Crippen molar-refractivity contribution in [1.82, 2.24) is 4.98 Å². The topological polar surface area (TPSA) is 62.2 Å². The minimum absolute atomic E-state index is 0.252. The van der Waals surface area contributed by atoms with Gasteiger partial charge in [-0.25, -0.2) is 4.79 Å². The van der Waals surface area contributed by atoms with E-state index < -0.39 is 5.97 Å². The van der Waals surface area contributed by atoms with E-state index in [1.165, 1.54) is 5.56 Å². The highest BCUT2D eigenvalue weighted by molar-refractivity contribution is 5.99. The van der Waals surface area contributed by atoms with Crippen LogP contribution in [0.5, 0.6) is 0 Å². The van der Waals surface area contributed by atoms with Crippen LogP contribution in [0.4, 0.5) is 11.4 Å². The highest BCUT2D eigenvalue weighted by Gasteiger charge is 2.12. The number of rotatable bonds is 4. The number of pyridine rings is 1. The Hall–Kier alpha value is -2.88. The molecule has 4 heteroatoms. The molecule has 0 bridgehead atoms. The Bertz CT molecular complexity index is 888. The molecule has 4 nitrogen and oxygen atoms in total. The number of aromatic carboxylic acids is 1. The van der Waals surface area contributed by atoms with Crippen LogP contribution in [-0.2, 0) is 6.42 Å². The highest BCUT2D eigenvalue weighted by atomic mass is 16.4. The molecule has 3 aromatic rings. The molecule has 23 heavy (non-hydrogen) atoms. The molecular weight excluding hydrogens is 288 g/mol. The summed E-state index contributed by atoms with van der Waals surface area (Å²) in [6, 6.07) is 14.9. The molecule has 0 saturated heterocycles. The fraction of sp³-hybridized carbons (Fsp3) is 0.158. The summed E-state index contributed by atoms with van der Waals surface area (Å²) in [5, 5.41) is 13.6. The summed E-state index contributed by atoms with van der Waals surface area (Å²) in [6.07, 6.45) is 0.902. The summed E-state index contributed by atoms with van der Waals surface area (Å²) in [4.78, 5) is 16.0. The number of nitrogens with one attached hydrogen (secondary N) is 1. The molecule has 0 saturated carbocycles. The average molecular weight is 306 g/mol. The number of aromatic nitrogens is 1. The smallest absolute Gasteiger partial charge is 0.337 e. The van der Waals surface area contributed by atoms with Crippen LogP contribution in [0.2, 0.25) is 0 Å². The van der Waals surface area contributed by atoms with E-state index in [4.69, 9.17) is 0 Å². The number of benzene rings is 2. The van der Waals surface area contributed by atoms with Gasteiger partial charge < -0.3 is 10.4 Å². The minimum Gasteiger partial charge on any atom is -0.478 e. The molecule has 0 aliphatic rings. The predicted octanol–water partition coefficient (Wildman–Crippen LogP) is 4.55. The molecule has 1 aromatic heterocycles. The van der Waals surface area contributed by atoms with Crippen LogP contribution in [0, 0.1) is 6.92 Å². The van der Waals surface area contributed by atoms with Crippen molar-refractivity contribution in [3.63, 3.8) is 0 Å². The molecule has 0 unspecified atom stereocenters. The zero-order chi connectivity index (χ0) is 16.4. The van der Waals surface area contributed by atoms with Crippen LogP contribution in [0.15, 0.2) is 48.5 Å². The fourth-order valence-corrected chi connectivity index (χ4v) is 2.75. The van der Waals surface area contributed by atoms with E-state index in [-0.39, 0.29) is 5.56 Å². The Morgan fingerprint density at radius 2 is 1.91 bits per heavy atom. The predicted molar refractivity (Wildman–Crippen MR) is 92.5 cm³/mol. The van der Waals surface area contributed by atoms with E-state index in [9.17, 15) is 9.90 Å². The molecule has 1 heterocycles. The van der Waals surface area contributed by atoms with Crippen LogP contribution >= 0.6 is 0 Å². The van der Waals surface area contributed by atoms with Gasteiger partial charge in [0, 0.05) is 16.8 Å². The summed E-state index contributed by atoms with van der Waals surface area (Å²) >= 11 is 0. The lowest BCUT2D eigenvalue weighted by Gasteiger charge is -2.14. The molecule has 2 aromatic carbocycles. The third-order valence-electron chi connectivity index (χ3n) is 3.86. The number of para-hydroxylation sites is 2. The van der Waals surface area contributed by atoms with E-state index in [0.717, 1.165) is 28.7 Å². The Labute approximate surface area is 134 Å². The fourth-order valence-electron chi connectivity index (χ4n) is 2.75. The number of fused-ring (bicyclic) bond motifs is 1. The first-order valence-corrected chi connectivity index (χ1v) is 7.58. The maximum Gasteiger partial charge on any atom is 0.337 e. The molecular formula is C19H18N2O2. The van der Waals surface area contributed by atoms with Gasteiger partial charge in [0.25, 0.3) is 0 Å². The number of aryl methyl sites for hydroxylation is 2. The monoisotopic (exact) mass is 306 g/mol. The molecule has 0 amide bonds. The van der Waals surface area contributed by atoms with E-state index >= 15 is 0 Å². The van der Waals surface area contributed by atoms with Gasteiger partial charge in [0.1, 0.15) is 0 Å². The molecule has 0 aliphatic heterocycles. The van der Waals surface area contributed by atoms with Gasteiger partial charge in [0.2, 0.25) is 0 Å². The van der Waals surface area contributed by atoms with Gasteiger partial charge in [-0.3, -0.25) is 4.98 Å². The van der Waals surface area contributed by atoms with Gasteiger partial charge in [-0.05, 0) is 37.1 Å². The number of carboxylic acid groups (broad SMARTS) is 1. The zero-order valence-corrected chi connectivity index (χ0v) is 13.1. The second-order valence-electron chi connectivity index (χ2n) is 5.45. The number of carboxylic acids is 1. The van der Waals surface area contributed by atoms with Crippen molar-refractivity contribution in [2.24, 2.45) is 0 Å². The quantitative estimate of drug-likeness (QED) is 0.742. The van der Waals surface area contributed by atoms with Crippen LogP contribution in [-0.4, -0.2) is 16.1 Å². The van der Waals surface area contributed by atoms with Crippen molar-refractivity contribution in [3.05, 3.63) is 65.4 Å². The number of hydrogen-bond donors (Lipinski definition) is 2. The highest BCUT2D eigenvalue weighted by Crippen LogP contribution is 2.29. The van der Waals surface area contributed by atoms with Gasteiger partial charge in [0.05, 0.1) is 16.8 Å². The summed E-state index contributed by atoms with van der Waals surface area (Å²) < 4.78 is 0. The Morgan fingerprint density at radius 3 is 2.65 bits per heavy atom. The zero-order valence-electron chi connectivity index (χ0n) is 13.1. The van der Waals surface area contributed by atoms with Gasteiger partial charge in [0.15, 0.2) is 0 Å². The maximum absolute atomic E-state index is 11.4. The summed E-state index contributed by atoms with van der Waals surface area (Å²) in [5.41, 5.74) is 4.74. The number of carbonyl (C=O) groups is 1. The summed E-state index contributed by atoms with van der Waals surface area (Å²) in [6.45, 7) is 4.05. The summed E-state index contributed by atoms with van der Waals surface area (Å²) in [7, 11) is 0. The van der Waals surface area contributed by atoms with Gasteiger partial charge in [-0.2, -0.15) is 0 Å². The molecule has 0 radical (unpaired) electrons. The standard InChI is InChI=1S/C19H18N2O2/c1-3-13-7-6-9-14-17(11-12(2)20-18(13)14)21-16-10-5-4-8-15(16)19(22)23/h4-11H,3H2,1-2H3,(H,20,21)(H,22,23). The molecule has 2 N–H and O–H groups in total. The lowest BCUT2D eigenvalue weighted by molar-refractivity contribution is 0.0698. The Balaban J connectivity index is 2.16. The van der Waals surface area contributed by atoms with Crippen molar-refractivity contribution in [3.8, 4) is 0 Å². The lowest BCUT2D eigenvalue weighted by atomic mass is 10.1. The normalized spacial score (nSPS) is 10.7. The van der Waals surface area contributed by atoms with Crippen LogP contribution in [0.25, 0.3) is 10.9 Å². The van der Waals surface area contributed by atoms with Gasteiger partial charge in [-0.15, -0.1) is 0 Å². The SMILES string of the molecule is CCc1cccc2c(Nc3ccccc3C(=O)O)cc(C)nc12. The third-order valence-corrected chi connectivity index (χ3v) is 3.86. The molecule has 3 rings (SSSR count). The Kier molecular flexibility index (Phi) is 3.98. The molecule has 0 atom stereocenters. The van der Waals surface area contributed by atoms with Gasteiger partial charge >= 0.3 is 5.97 Å². The van der Waals surface area contributed by atoms with Crippen molar-refractivity contribution < 1.29 is 9.90 Å². The third kappa shape index (κ3) is 2.88. The average Bonchev–Trinajstić information content (AvgIpc) is 2.54. The molecule has 116 valence electrons. The van der Waals surface area contributed by atoms with E-state index in [2.05, 4.69) is 23.3 Å². The lowest BCUT2D eigenvalue weighted by Crippen LogP contribution is -2.03. The van der Waals surface area contributed by atoms with Crippen LogP contribution in [0.1, 0.15) is 28.5 Å². The first-order chi connectivity index (χ1) is 11.1. The first-order valence-electron chi connectivity index (χ1n) is 7.58. The minimum atomic E-state index is -0.947. The number of anilines is 2. The van der Waals surface area contributed by atoms with Crippen molar-refractivity contribution in [1.29, 1.82) is 0 Å². The number of hydrogen-bond acceptors (Lipinski definition) is 3. The second kappa shape index (κ2) is 6.08. The largest absolute Gasteiger partial charge is 0.478 e. The van der Waals surface area contributed by atoms with E-state index in [1.807, 2.05) is 31.2 Å². The molecule has 0 fully saturated rings. The first kappa shape index (κ1) is 15.0. The van der Waals surface area contributed by atoms with Crippen molar-refractivity contribution >= 4 is 28.2 Å². The van der Waals surface area contributed by atoms with Crippen molar-refractivity contribution in [2.45, 2.75) is 20.3 Å². The maximum atomic E-state index is 11.4. The number of nitrogens with zero attached hydrogens (tertiary/aromatic N) is 1. The second-order valence-corrected chi connectivity index (χ2v) is 5.45. The van der Waals surface area contributed by atoms with Crippen LogP contribution in [0.3, 0.4) is 0 Å². The summed E-state index contributed by atoms with van der Waals surface area (Å²) in [5.74, 6) is -0.947. The Morgan fingerprint density at radius 1 is 1.13 bits per heavy atom.